The van der Waals surface area contributed by atoms with Gasteiger partial charge in [0.1, 0.15) is 11.3 Å². The normalized spacial score (nSPS) is 10.4. The first kappa shape index (κ1) is 21.6. The first-order valence-electron chi connectivity index (χ1n) is 9.28. The molecule has 0 spiro atoms. The van der Waals surface area contributed by atoms with Crippen LogP contribution in [0.1, 0.15) is 6.42 Å². The molecule has 7 nitrogen and oxygen atoms in total. The van der Waals surface area contributed by atoms with Gasteiger partial charge in [0, 0.05) is 31.0 Å². The third kappa shape index (κ3) is 4.90. The number of hydrogen-bond donors (Lipinski definition) is 2. The number of nitrogens with one attached hydrogen (secondary N) is 2. The second kappa shape index (κ2) is 10.1. The van der Waals surface area contributed by atoms with E-state index in [9.17, 15) is 4.79 Å². The first-order chi connectivity index (χ1) is 14.2. The molecule has 0 saturated carbocycles. The molecule has 0 saturated heterocycles. The van der Waals surface area contributed by atoms with E-state index in [2.05, 4.69) is 32.7 Å². The van der Waals surface area contributed by atoms with Crippen molar-refractivity contribution in [1.82, 2.24) is 19.9 Å². The minimum atomic E-state index is -0.269. The molecule has 0 bridgehead atoms. The topological polar surface area (TPSA) is 81.1 Å². The van der Waals surface area contributed by atoms with E-state index in [-0.39, 0.29) is 18.4 Å². The number of anilines is 1. The van der Waals surface area contributed by atoms with Gasteiger partial charge in [0.15, 0.2) is 5.13 Å². The van der Waals surface area contributed by atoms with Crippen molar-refractivity contribution >= 4 is 45.1 Å². The van der Waals surface area contributed by atoms with E-state index in [1.54, 1.807) is 19.6 Å². The lowest BCUT2D eigenvalue weighted by atomic mass is 10.1. The summed E-state index contributed by atoms with van der Waals surface area (Å²) in [4.78, 5) is 20.8. The van der Waals surface area contributed by atoms with E-state index >= 15 is 0 Å². The number of amides is 2. The van der Waals surface area contributed by atoms with Crippen LogP contribution in [0.15, 0.2) is 61.2 Å². The zero-order valence-electron chi connectivity index (χ0n) is 16.4. The molecule has 4 aromatic rings. The van der Waals surface area contributed by atoms with Crippen LogP contribution in [0.25, 0.3) is 21.3 Å². The maximum absolute atomic E-state index is 12.3. The number of hydrogen-bond acceptors (Lipinski definition) is 5. The second-order valence-corrected chi connectivity index (χ2v) is 7.41. The fraction of sp³-hybridized carbons (Fsp3) is 0.190. The standard InChI is InChI=1S/C21H21N5O2S.ClH/c1-28-17-9-8-16(15-6-3-2-4-7-15)19-18(17)24-21(29-19)25-20(27)23-10-5-12-26-13-11-22-14-26;/h2-4,6-9,11,13-14H,5,10,12H2,1H3,(H2,23,24,25,27);1H. The summed E-state index contributed by atoms with van der Waals surface area (Å²) in [6.07, 6.45) is 6.22. The van der Waals surface area contributed by atoms with Gasteiger partial charge in [-0.15, -0.1) is 12.4 Å². The number of aryl methyl sites for hydroxylation is 1. The highest BCUT2D eigenvalue weighted by molar-refractivity contribution is 7.23. The number of rotatable bonds is 7. The molecule has 2 N–H and O–H groups in total. The van der Waals surface area contributed by atoms with Crippen LogP contribution in [0.3, 0.4) is 0 Å². The summed E-state index contributed by atoms with van der Waals surface area (Å²) in [6.45, 7) is 1.37. The molecule has 4 rings (SSSR count). The lowest BCUT2D eigenvalue weighted by Gasteiger charge is -2.05. The Balaban J connectivity index is 0.00000256. The molecule has 2 aromatic heterocycles. The number of thiazole rings is 1. The van der Waals surface area contributed by atoms with Crippen molar-refractivity contribution in [3.05, 3.63) is 61.2 Å². The Hall–Kier alpha value is -3.10. The molecule has 0 aliphatic rings. The lowest BCUT2D eigenvalue weighted by molar-refractivity contribution is 0.252. The molecule has 2 heterocycles. The van der Waals surface area contributed by atoms with Crippen molar-refractivity contribution in [2.45, 2.75) is 13.0 Å². The molecule has 0 fully saturated rings. The van der Waals surface area contributed by atoms with Gasteiger partial charge < -0.3 is 14.6 Å². The Morgan fingerprint density at radius 2 is 2.03 bits per heavy atom. The van der Waals surface area contributed by atoms with Crippen molar-refractivity contribution in [2.75, 3.05) is 19.0 Å². The van der Waals surface area contributed by atoms with Gasteiger partial charge in [-0.1, -0.05) is 41.7 Å². The number of benzene rings is 2. The first-order valence-corrected chi connectivity index (χ1v) is 10.1. The second-order valence-electron chi connectivity index (χ2n) is 6.41. The van der Waals surface area contributed by atoms with E-state index in [4.69, 9.17) is 4.74 Å². The van der Waals surface area contributed by atoms with E-state index < -0.39 is 0 Å². The number of fused-ring (bicyclic) bond motifs is 1. The maximum atomic E-state index is 12.3. The highest BCUT2D eigenvalue weighted by Gasteiger charge is 2.15. The van der Waals surface area contributed by atoms with Crippen molar-refractivity contribution in [3.8, 4) is 16.9 Å². The van der Waals surface area contributed by atoms with Crippen LogP contribution in [0.2, 0.25) is 0 Å². The van der Waals surface area contributed by atoms with E-state index in [1.807, 2.05) is 41.1 Å². The number of ether oxygens (including phenoxy) is 1. The highest BCUT2D eigenvalue weighted by atomic mass is 35.5. The molecule has 0 aliphatic carbocycles. The Morgan fingerprint density at radius 1 is 1.20 bits per heavy atom. The predicted molar refractivity (Wildman–Crippen MR) is 123 cm³/mol. The lowest BCUT2D eigenvalue weighted by Crippen LogP contribution is -2.29. The smallest absolute Gasteiger partial charge is 0.321 e. The molecule has 2 amide bonds. The molecule has 0 unspecified atom stereocenters. The van der Waals surface area contributed by atoms with Crippen LogP contribution in [-0.4, -0.2) is 34.2 Å². The van der Waals surface area contributed by atoms with Gasteiger partial charge >= 0.3 is 6.03 Å². The minimum Gasteiger partial charge on any atom is -0.494 e. The molecule has 0 radical (unpaired) electrons. The summed E-state index contributed by atoms with van der Waals surface area (Å²) in [5, 5.41) is 6.24. The van der Waals surface area contributed by atoms with Gasteiger partial charge in [0.25, 0.3) is 0 Å². The molecule has 30 heavy (non-hydrogen) atoms. The minimum absolute atomic E-state index is 0. The Morgan fingerprint density at radius 3 is 2.77 bits per heavy atom. The van der Waals surface area contributed by atoms with Crippen LogP contribution in [0, 0.1) is 0 Å². The third-order valence-electron chi connectivity index (χ3n) is 4.47. The number of imidazole rings is 1. The van der Waals surface area contributed by atoms with Crippen molar-refractivity contribution < 1.29 is 9.53 Å². The van der Waals surface area contributed by atoms with Crippen LogP contribution >= 0.6 is 23.7 Å². The molecule has 9 heteroatoms. The zero-order valence-corrected chi connectivity index (χ0v) is 18.0. The molecular formula is C21H22ClN5O2S. The summed E-state index contributed by atoms with van der Waals surface area (Å²) in [5.41, 5.74) is 2.90. The van der Waals surface area contributed by atoms with E-state index in [0.29, 0.717) is 17.4 Å². The summed E-state index contributed by atoms with van der Waals surface area (Å²) < 4.78 is 8.41. The van der Waals surface area contributed by atoms with Gasteiger partial charge in [-0.25, -0.2) is 14.8 Å². The van der Waals surface area contributed by atoms with Gasteiger partial charge in [-0.2, -0.15) is 0 Å². The molecular weight excluding hydrogens is 422 g/mol. The summed E-state index contributed by atoms with van der Waals surface area (Å²) in [7, 11) is 1.62. The summed E-state index contributed by atoms with van der Waals surface area (Å²) in [6, 6.07) is 13.8. The van der Waals surface area contributed by atoms with Gasteiger partial charge in [-0.05, 0) is 24.1 Å². The van der Waals surface area contributed by atoms with Crippen LogP contribution in [-0.2, 0) is 6.54 Å². The molecule has 0 aliphatic heterocycles. The van der Waals surface area contributed by atoms with E-state index in [0.717, 1.165) is 34.3 Å². The maximum Gasteiger partial charge on any atom is 0.321 e. The fourth-order valence-electron chi connectivity index (χ4n) is 3.07. The number of methoxy groups -OCH3 is 1. The average molecular weight is 444 g/mol. The van der Waals surface area contributed by atoms with E-state index in [1.165, 1.54) is 11.3 Å². The number of carbonyl (C=O) groups excluding carboxylic acids is 1. The predicted octanol–water partition coefficient (Wildman–Crippen LogP) is 4.80. The SMILES string of the molecule is COc1ccc(-c2ccccc2)c2sc(NC(=O)NCCCn3ccnc3)nc12.Cl. The Kier molecular flexibility index (Phi) is 7.26. The highest BCUT2D eigenvalue weighted by Crippen LogP contribution is 2.39. The third-order valence-corrected chi connectivity index (χ3v) is 5.47. The monoisotopic (exact) mass is 443 g/mol. The van der Waals surface area contributed by atoms with Crippen LogP contribution < -0.4 is 15.4 Å². The molecule has 0 atom stereocenters. The van der Waals surface area contributed by atoms with Crippen molar-refractivity contribution in [1.29, 1.82) is 0 Å². The van der Waals surface area contributed by atoms with Gasteiger partial charge in [-0.3, -0.25) is 5.32 Å². The summed E-state index contributed by atoms with van der Waals surface area (Å²) >= 11 is 1.44. The molecule has 2 aromatic carbocycles. The van der Waals surface area contributed by atoms with Crippen LogP contribution in [0.5, 0.6) is 5.75 Å². The number of nitrogens with zero attached hydrogens (tertiary/aromatic N) is 3. The Labute approximate surface area is 184 Å². The largest absolute Gasteiger partial charge is 0.494 e. The van der Waals surface area contributed by atoms with Gasteiger partial charge in [0.05, 0.1) is 18.1 Å². The molecule has 156 valence electrons. The average Bonchev–Trinajstić information content (AvgIpc) is 3.41. The summed E-state index contributed by atoms with van der Waals surface area (Å²) in [5.74, 6) is 0.685. The van der Waals surface area contributed by atoms with Gasteiger partial charge in [0.2, 0.25) is 0 Å². The van der Waals surface area contributed by atoms with Crippen molar-refractivity contribution in [3.63, 3.8) is 0 Å². The number of halogens is 1. The number of aromatic nitrogens is 3. The number of urea groups is 1. The van der Waals surface area contributed by atoms with Crippen molar-refractivity contribution in [2.24, 2.45) is 0 Å². The fourth-order valence-corrected chi connectivity index (χ4v) is 4.08. The zero-order chi connectivity index (χ0) is 20.1. The van der Waals surface area contributed by atoms with Crippen LogP contribution in [0.4, 0.5) is 9.93 Å². The quantitative estimate of drug-likeness (QED) is 0.402. The number of carbonyl (C=O) groups is 1. The Bertz CT molecular complexity index is 1100.